The molecule has 0 saturated carbocycles. The topological polar surface area (TPSA) is 64.3 Å². The first-order valence-electron chi connectivity index (χ1n) is 6.17. The number of halogens is 2. The van der Waals surface area contributed by atoms with E-state index in [-0.39, 0.29) is 18.3 Å². The van der Waals surface area contributed by atoms with Crippen LogP contribution in [0.25, 0.3) is 0 Å². The van der Waals surface area contributed by atoms with Gasteiger partial charge in [0.2, 0.25) is 0 Å². The van der Waals surface area contributed by atoms with Crippen LogP contribution in [-0.2, 0) is 6.54 Å². The summed E-state index contributed by atoms with van der Waals surface area (Å²) in [5.41, 5.74) is 7.13. The molecule has 0 radical (unpaired) electrons. The Bertz CT molecular complexity index is 677. The summed E-state index contributed by atoms with van der Waals surface area (Å²) in [6, 6.07) is 9.12. The average molecular weight is 353 g/mol. The van der Waals surface area contributed by atoms with Gasteiger partial charge in [0.05, 0.1) is 12.7 Å². The number of carbonyl (C=O) groups excluding carboxylic acids is 1. The molecular weight excluding hydrogens is 339 g/mol. The molecule has 0 bridgehead atoms. The Kier molecular flexibility index (Phi) is 4.80. The van der Waals surface area contributed by atoms with Gasteiger partial charge in [-0.1, -0.05) is 15.9 Å². The quantitative estimate of drug-likeness (QED) is 0.831. The summed E-state index contributed by atoms with van der Waals surface area (Å²) in [7, 11) is 1.48. The van der Waals surface area contributed by atoms with E-state index in [1.54, 1.807) is 18.2 Å². The Balaban J connectivity index is 2.15. The first-order valence-corrected chi connectivity index (χ1v) is 6.96. The molecule has 2 rings (SSSR count). The summed E-state index contributed by atoms with van der Waals surface area (Å²) in [5, 5.41) is 2.71. The third-order valence-electron chi connectivity index (χ3n) is 2.92. The lowest BCUT2D eigenvalue weighted by Crippen LogP contribution is -2.23. The largest absolute Gasteiger partial charge is 0.496 e. The highest BCUT2D eigenvalue weighted by molar-refractivity contribution is 9.10. The maximum Gasteiger partial charge on any atom is 0.255 e. The van der Waals surface area contributed by atoms with E-state index in [1.165, 1.54) is 25.3 Å². The SMILES string of the molecule is COc1ccc(N)cc1C(=O)NCc1cc(F)ccc1Br. The van der Waals surface area contributed by atoms with Crippen LogP contribution in [0.3, 0.4) is 0 Å². The molecule has 4 nitrogen and oxygen atoms in total. The van der Waals surface area contributed by atoms with Gasteiger partial charge in [-0.05, 0) is 42.0 Å². The minimum Gasteiger partial charge on any atom is -0.496 e. The predicted molar refractivity (Wildman–Crippen MR) is 82.7 cm³/mol. The van der Waals surface area contributed by atoms with Crippen molar-refractivity contribution in [2.75, 3.05) is 12.8 Å². The molecule has 0 heterocycles. The lowest BCUT2D eigenvalue weighted by Gasteiger charge is -2.11. The van der Waals surface area contributed by atoms with Gasteiger partial charge in [-0.25, -0.2) is 4.39 Å². The lowest BCUT2D eigenvalue weighted by molar-refractivity contribution is 0.0948. The van der Waals surface area contributed by atoms with E-state index in [2.05, 4.69) is 21.2 Å². The molecule has 0 aliphatic carbocycles. The summed E-state index contributed by atoms with van der Waals surface area (Å²) in [6.07, 6.45) is 0. The Hall–Kier alpha value is -2.08. The maximum atomic E-state index is 13.2. The highest BCUT2D eigenvalue weighted by Crippen LogP contribution is 2.22. The molecule has 1 amide bonds. The van der Waals surface area contributed by atoms with Gasteiger partial charge in [0.1, 0.15) is 11.6 Å². The fraction of sp³-hybridized carbons (Fsp3) is 0.133. The second-order valence-electron chi connectivity index (χ2n) is 4.38. The molecule has 0 saturated heterocycles. The van der Waals surface area contributed by atoms with Crippen molar-refractivity contribution in [3.63, 3.8) is 0 Å². The molecule has 2 aromatic carbocycles. The molecule has 2 aromatic rings. The van der Waals surface area contributed by atoms with E-state index in [0.29, 0.717) is 22.6 Å². The minimum atomic E-state index is -0.357. The number of amides is 1. The summed E-state index contributed by atoms with van der Waals surface area (Å²) >= 11 is 3.31. The van der Waals surface area contributed by atoms with Crippen molar-refractivity contribution in [2.45, 2.75) is 6.54 Å². The zero-order chi connectivity index (χ0) is 15.4. The van der Waals surface area contributed by atoms with Crippen LogP contribution in [0.2, 0.25) is 0 Å². The summed E-state index contributed by atoms with van der Waals surface area (Å²) in [5.74, 6) is -0.265. The highest BCUT2D eigenvalue weighted by atomic mass is 79.9. The van der Waals surface area contributed by atoms with Crippen LogP contribution in [0, 0.1) is 5.82 Å². The monoisotopic (exact) mass is 352 g/mol. The smallest absolute Gasteiger partial charge is 0.255 e. The van der Waals surface area contributed by atoms with E-state index < -0.39 is 0 Å². The molecule has 0 aromatic heterocycles. The molecule has 0 aliphatic rings. The molecule has 0 aliphatic heterocycles. The second-order valence-corrected chi connectivity index (χ2v) is 5.23. The molecule has 0 fully saturated rings. The van der Waals surface area contributed by atoms with Crippen molar-refractivity contribution in [3.05, 3.63) is 57.8 Å². The number of nitrogen functional groups attached to an aromatic ring is 1. The van der Waals surface area contributed by atoms with Crippen LogP contribution >= 0.6 is 15.9 Å². The van der Waals surface area contributed by atoms with Crippen molar-refractivity contribution in [1.29, 1.82) is 0 Å². The number of anilines is 1. The third-order valence-corrected chi connectivity index (χ3v) is 3.69. The normalized spacial score (nSPS) is 10.2. The molecule has 0 spiro atoms. The Morgan fingerprint density at radius 3 is 2.81 bits per heavy atom. The fourth-order valence-electron chi connectivity index (χ4n) is 1.85. The van der Waals surface area contributed by atoms with Gasteiger partial charge in [0.25, 0.3) is 5.91 Å². The van der Waals surface area contributed by atoms with E-state index >= 15 is 0 Å². The Morgan fingerprint density at radius 2 is 2.10 bits per heavy atom. The predicted octanol–water partition coefficient (Wildman–Crippen LogP) is 3.11. The van der Waals surface area contributed by atoms with Crippen LogP contribution in [0.15, 0.2) is 40.9 Å². The van der Waals surface area contributed by atoms with Crippen LogP contribution in [0.5, 0.6) is 5.75 Å². The van der Waals surface area contributed by atoms with Crippen molar-refractivity contribution >= 4 is 27.5 Å². The molecule has 0 atom stereocenters. The molecular formula is C15H14BrFN2O2. The van der Waals surface area contributed by atoms with Crippen molar-refractivity contribution < 1.29 is 13.9 Å². The zero-order valence-corrected chi connectivity index (χ0v) is 12.9. The Morgan fingerprint density at radius 1 is 1.33 bits per heavy atom. The molecule has 21 heavy (non-hydrogen) atoms. The zero-order valence-electron chi connectivity index (χ0n) is 11.3. The fourth-order valence-corrected chi connectivity index (χ4v) is 2.24. The van der Waals surface area contributed by atoms with Crippen LogP contribution in [-0.4, -0.2) is 13.0 Å². The standard InChI is InChI=1S/C15H14BrFN2O2/c1-21-14-5-3-11(18)7-12(14)15(20)19-8-9-6-10(17)2-4-13(9)16/h2-7H,8,18H2,1H3,(H,19,20). The van der Waals surface area contributed by atoms with E-state index in [0.717, 1.165) is 4.47 Å². The lowest BCUT2D eigenvalue weighted by atomic mass is 10.1. The van der Waals surface area contributed by atoms with Crippen molar-refractivity contribution in [3.8, 4) is 5.75 Å². The Labute approximate surface area is 130 Å². The van der Waals surface area contributed by atoms with Crippen LogP contribution in [0.4, 0.5) is 10.1 Å². The summed E-state index contributed by atoms with van der Waals surface area (Å²) in [4.78, 5) is 12.2. The van der Waals surface area contributed by atoms with Gasteiger partial charge in [-0.2, -0.15) is 0 Å². The van der Waals surface area contributed by atoms with Gasteiger partial charge in [0.15, 0.2) is 0 Å². The minimum absolute atomic E-state index is 0.190. The summed E-state index contributed by atoms with van der Waals surface area (Å²) in [6.45, 7) is 0.190. The average Bonchev–Trinajstić information content (AvgIpc) is 2.47. The van der Waals surface area contributed by atoms with E-state index in [9.17, 15) is 9.18 Å². The highest BCUT2D eigenvalue weighted by Gasteiger charge is 2.13. The van der Waals surface area contributed by atoms with Gasteiger partial charge in [0, 0.05) is 16.7 Å². The molecule has 6 heteroatoms. The first-order chi connectivity index (χ1) is 10.0. The van der Waals surface area contributed by atoms with Crippen LogP contribution < -0.4 is 15.8 Å². The first kappa shape index (κ1) is 15.3. The molecule has 3 N–H and O–H groups in total. The molecule has 0 unspecified atom stereocenters. The van der Waals surface area contributed by atoms with E-state index in [1.807, 2.05) is 0 Å². The van der Waals surface area contributed by atoms with Crippen molar-refractivity contribution in [2.24, 2.45) is 0 Å². The number of ether oxygens (including phenoxy) is 1. The second kappa shape index (κ2) is 6.58. The number of nitrogens with two attached hydrogens (primary N) is 1. The molecule has 110 valence electrons. The number of methoxy groups -OCH3 is 1. The number of carbonyl (C=O) groups is 1. The van der Waals surface area contributed by atoms with Crippen molar-refractivity contribution in [1.82, 2.24) is 5.32 Å². The van der Waals surface area contributed by atoms with Crippen LogP contribution in [0.1, 0.15) is 15.9 Å². The number of hydrogen-bond acceptors (Lipinski definition) is 3. The number of nitrogens with one attached hydrogen (secondary N) is 1. The number of rotatable bonds is 4. The third kappa shape index (κ3) is 3.72. The number of benzene rings is 2. The van der Waals surface area contributed by atoms with Gasteiger partial charge >= 0.3 is 0 Å². The van der Waals surface area contributed by atoms with Gasteiger partial charge < -0.3 is 15.8 Å². The van der Waals surface area contributed by atoms with Gasteiger partial charge in [-0.15, -0.1) is 0 Å². The number of hydrogen-bond donors (Lipinski definition) is 2. The van der Waals surface area contributed by atoms with Gasteiger partial charge in [-0.3, -0.25) is 4.79 Å². The maximum absolute atomic E-state index is 13.2. The summed E-state index contributed by atoms with van der Waals surface area (Å²) < 4.78 is 19.1. The van der Waals surface area contributed by atoms with E-state index in [4.69, 9.17) is 10.5 Å².